The second kappa shape index (κ2) is 6.55. The standard InChI is InChI=1S/C22H15BrClN3/c23-16-5-3-4-15(12-16)21-13-19(14-8-10-17(24)11-9-14)26-22-25-18-6-1-2-7-20(18)27(21)22/h1-13,21H,(H,25,26)/t21-/m1/s1. The van der Waals surface area contributed by atoms with E-state index < -0.39 is 0 Å². The molecule has 3 aromatic carbocycles. The van der Waals surface area contributed by atoms with Crippen molar-refractivity contribution in [2.45, 2.75) is 6.04 Å². The lowest BCUT2D eigenvalue weighted by Gasteiger charge is -2.26. The smallest absolute Gasteiger partial charge is 0.209 e. The summed E-state index contributed by atoms with van der Waals surface area (Å²) in [6, 6.07) is 24.5. The molecule has 0 saturated carbocycles. The molecule has 0 spiro atoms. The van der Waals surface area contributed by atoms with Crippen LogP contribution in [0.2, 0.25) is 5.02 Å². The number of rotatable bonds is 2. The van der Waals surface area contributed by atoms with Crippen molar-refractivity contribution >= 4 is 50.2 Å². The fourth-order valence-corrected chi connectivity index (χ4v) is 4.09. The summed E-state index contributed by atoms with van der Waals surface area (Å²) in [6.07, 6.45) is 2.24. The number of hydrogen-bond acceptors (Lipinski definition) is 2. The van der Waals surface area contributed by atoms with Gasteiger partial charge < -0.3 is 5.32 Å². The van der Waals surface area contributed by atoms with E-state index in [9.17, 15) is 0 Å². The van der Waals surface area contributed by atoms with Crippen molar-refractivity contribution in [3.63, 3.8) is 0 Å². The molecule has 0 bridgehead atoms. The van der Waals surface area contributed by atoms with Crippen LogP contribution in [0.25, 0.3) is 16.7 Å². The molecule has 5 heteroatoms. The van der Waals surface area contributed by atoms with Gasteiger partial charge >= 0.3 is 0 Å². The van der Waals surface area contributed by atoms with Crippen molar-refractivity contribution in [1.29, 1.82) is 0 Å². The Bertz CT molecular complexity index is 1180. The number of aromatic nitrogens is 2. The first kappa shape index (κ1) is 16.6. The quantitative estimate of drug-likeness (QED) is 0.388. The van der Waals surface area contributed by atoms with Gasteiger partial charge in [0, 0.05) is 15.2 Å². The van der Waals surface area contributed by atoms with Crippen molar-refractivity contribution in [1.82, 2.24) is 9.55 Å². The Balaban J connectivity index is 1.72. The number of benzene rings is 3. The van der Waals surface area contributed by atoms with Gasteiger partial charge in [0.2, 0.25) is 5.95 Å². The van der Waals surface area contributed by atoms with E-state index in [2.05, 4.69) is 56.2 Å². The first-order valence-corrected chi connectivity index (χ1v) is 9.83. The Hall–Kier alpha value is -2.56. The van der Waals surface area contributed by atoms with Gasteiger partial charge in [0.15, 0.2) is 0 Å². The maximum absolute atomic E-state index is 6.07. The summed E-state index contributed by atoms with van der Waals surface area (Å²) in [5.74, 6) is 0.841. The van der Waals surface area contributed by atoms with E-state index in [1.54, 1.807) is 0 Å². The number of anilines is 1. The monoisotopic (exact) mass is 435 g/mol. The SMILES string of the molecule is Clc1ccc(C2=C[C@H](c3cccc(Br)c3)n3c(nc4ccccc43)N2)cc1. The minimum absolute atomic E-state index is 0.0387. The van der Waals surface area contributed by atoms with Crippen LogP contribution in [0.4, 0.5) is 5.95 Å². The van der Waals surface area contributed by atoms with E-state index in [0.717, 1.165) is 37.7 Å². The van der Waals surface area contributed by atoms with Crippen molar-refractivity contribution < 1.29 is 0 Å². The highest BCUT2D eigenvalue weighted by molar-refractivity contribution is 9.10. The molecular formula is C22H15BrClN3. The molecule has 132 valence electrons. The van der Waals surface area contributed by atoms with Gasteiger partial charge in [0.1, 0.15) is 0 Å². The number of nitrogens with one attached hydrogen (secondary N) is 1. The zero-order chi connectivity index (χ0) is 18.4. The van der Waals surface area contributed by atoms with Crippen molar-refractivity contribution in [3.8, 4) is 0 Å². The predicted octanol–water partition coefficient (Wildman–Crippen LogP) is 6.51. The topological polar surface area (TPSA) is 29.9 Å². The summed E-state index contributed by atoms with van der Waals surface area (Å²) in [5.41, 5.74) is 5.39. The molecule has 0 saturated heterocycles. The zero-order valence-electron chi connectivity index (χ0n) is 14.2. The van der Waals surface area contributed by atoms with Crippen molar-refractivity contribution in [3.05, 3.63) is 99.5 Å². The highest BCUT2D eigenvalue weighted by atomic mass is 79.9. The van der Waals surface area contributed by atoms with Crippen molar-refractivity contribution in [2.75, 3.05) is 5.32 Å². The summed E-state index contributed by atoms with van der Waals surface area (Å²) >= 11 is 9.67. The number of nitrogens with zero attached hydrogens (tertiary/aromatic N) is 2. The molecule has 1 aliphatic heterocycles. The van der Waals surface area contributed by atoms with Crippen LogP contribution in [-0.2, 0) is 0 Å². The predicted molar refractivity (Wildman–Crippen MR) is 115 cm³/mol. The Morgan fingerprint density at radius 2 is 1.78 bits per heavy atom. The van der Waals surface area contributed by atoms with Crippen LogP contribution in [0.3, 0.4) is 0 Å². The van der Waals surface area contributed by atoms with Gasteiger partial charge in [-0.15, -0.1) is 0 Å². The second-order valence-electron chi connectivity index (χ2n) is 6.51. The van der Waals surface area contributed by atoms with Crippen LogP contribution >= 0.6 is 27.5 Å². The van der Waals surface area contributed by atoms with E-state index in [4.69, 9.17) is 16.6 Å². The number of fused-ring (bicyclic) bond motifs is 3. The highest BCUT2D eigenvalue weighted by Crippen LogP contribution is 2.37. The number of para-hydroxylation sites is 2. The van der Waals surface area contributed by atoms with E-state index in [1.807, 2.05) is 48.5 Å². The lowest BCUT2D eigenvalue weighted by Crippen LogP contribution is -2.19. The third-order valence-electron chi connectivity index (χ3n) is 4.79. The molecule has 0 unspecified atom stereocenters. The molecule has 1 atom stereocenters. The third-order valence-corrected chi connectivity index (χ3v) is 5.54. The molecule has 0 aliphatic carbocycles. The van der Waals surface area contributed by atoms with Crippen LogP contribution in [0.1, 0.15) is 17.2 Å². The number of hydrogen-bond donors (Lipinski definition) is 1. The molecular weight excluding hydrogens is 422 g/mol. The Morgan fingerprint density at radius 1 is 0.963 bits per heavy atom. The van der Waals surface area contributed by atoms with Gasteiger partial charge in [-0.2, -0.15) is 0 Å². The third kappa shape index (κ3) is 2.95. The van der Waals surface area contributed by atoms with Crippen LogP contribution in [-0.4, -0.2) is 9.55 Å². The van der Waals surface area contributed by atoms with E-state index in [0.29, 0.717) is 0 Å². The molecule has 27 heavy (non-hydrogen) atoms. The molecule has 1 aliphatic rings. The first-order valence-electron chi connectivity index (χ1n) is 8.66. The van der Waals surface area contributed by atoms with E-state index in [-0.39, 0.29) is 6.04 Å². The molecule has 4 aromatic rings. The maximum Gasteiger partial charge on any atom is 0.209 e. The van der Waals surface area contributed by atoms with Gasteiger partial charge in [0.05, 0.1) is 17.1 Å². The van der Waals surface area contributed by atoms with Gasteiger partial charge in [0.25, 0.3) is 0 Å². The average molecular weight is 437 g/mol. The minimum Gasteiger partial charge on any atom is -0.325 e. The summed E-state index contributed by atoms with van der Waals surface area (Å²) in [7, 11) is 0. The Labute approximate surface area is 170 Å². The summed E-state index contributed by atoms with van der Waals surface area (Å²) in [4.78, 5) is 4.82. The molecule has 1 N–H and O–H groups in total. The summed E-state index contributed by atoms with van der Waals surface area (Å²) in [6.45, 7) is 0. The molecule has 3 nitrogen and oxygen atoms in total. The molecule has 2 heterocycles. The van der Waals surface area contributed by atoms with Gasteiger partial charge in [-0.3, -0.25) is 4.57 Å². The molecule has 5 rings (SSSR count). The second-order valence-corrected chi connectivity index (χ2v) is 7.86. The normalized spacial score (nSPS) is 15.9. The van der Waals surface area contributed by atoms with Crippen LogP contribution in [0.5, 0.6) is 0 Å². The van der Waals surface area contributed by atoms with Crippen LogP contribution < -0.4 is 5.32 Å². The van der Waals surface area contributed by atoms with E-state index >= 15 is 0 Å². The fraction of sp³-hybridized carbons (Fsp3) is 0.0455. The fourth-order valence-electron chi connectivity index (χ4n) is 3.54. The molecule has 0 amide bonds. The van der Waals surface area contributed by atoms with Crippen LogP contribution in [0.15, 0.2) is 83.3 Å². The Kier molecular flexibility index (Phi) is 4.03. The lowest BCUT2D eigenvalue weighted by molar-refractivity contribution is 0.720. The summed E-state index contributed by atoms with van der Waals surface area (Å²) < 4.78 is 3.31. The van der Waals surface area contributed by atoms with E-state index in [1.165, 1.54) is 5.56 Å². The largest absolute Gasteiger partial charge is 0.325 e. The Morgan fingerprint density at radius 3 is 2.59 bits per heavy atom. The van der Waals surface area contributed by atoms with Crippen LogP contribution in [0, 0.1) is 0 Å². The minimum atomic E-state index is 0.0387. The number of halogens is 2. The zero-order valence-corrected chi connectivity index (χ0v) is 16.6. The molecule has 1 aromatic heterocycles. The van der Waals surface area contributed by atoms with Gasteiger partial charge in [-0.1, -0.05) is 63.9 Å². The number of imidazole rings is 1. The summed E-state index contributed by atoms with van der Waals surface area (Å²) in [5, 5.41) is 4.22. The maximum atomic E-state index is 6.07. The molecule has 0 fully saturated rings. The van der Waals surface area contributed by atoms with Crippen molar-refractivity contribution in [2.24, 2.45) is 0 Å². The molecule has 0 radical (unpaired) electrons. The first-order chi connectivity index (χ1) is 13.2. The lowest BCUT2D eigenvalue weighted by atomic mass is 10.0. The van der Waals surface area contributed by atoms with Gasteiger partial charge in [-0.05, 0) is 53.6 Å². The highest BCUT2D eigenvalue weighted by Gasteiger charge is 2.25. The number of allylic oxidation sites excluding steroid dienone is 1. The van der Waals surface area contributed by atoms with Gasteiger partial charge in [-0.25, -0.2) is 4.98 Å². The average Bonchev–Trinajstić information content (AvgIpc) is 3.06.